The summed E-state index contributed by atoms with van der Waals surface area (Å²) in [4.78, 5) is 16.6. The van der Waals surface area contributed by atoms with Crippen LogP contribution < -0.4 is 15.8 Å². The standard InChI is InChI=1S/C27H23F3N6O/c1-15-5-7-20(29)26(34-15)27-25(35-23(36-27)14-33-22-4-2-3-19(28)24(22)30)16-6-8-21-17(11-16)12-18(13-32-21)37-10-9-31/h2-8,11-13,33H,9-10,14,31H2,1H3,(H,35,36). The molecule has 0 amide bonds. The highest BCUT2D eigenvalue weighted by molar-refractivity contribution is 5.87. The molecule has 5 aromatic rings. The van der Waals surface area contributed by atoms with Gasteiger partial charge in [0, 0.05) is 23.2 Å². The monoisotopic (exact) mass is 504 g/mol. The number of H-pyrrole nitrogens is 1. The van der Waals surface area contributed by atoms with E-state index in [0.29, 0.717) is 47.4 Å². The first-order valence-electron chi connectivity index (χ1n) is 11.6. The van der Waals surface area contributed by atoms with Gasteiger partial charge in [0.25, 0.3) is 0 Å². The highest BCUT2D eigenvalue weighted by Crippen LogP contribution is 2.33. The smallest absolute Gasteiger partial charge is 0.181 e. The maximum Gasteiger partial charge on any atom is 0.181 e. The van der Waals surface area contributed by atoms with Crippen molar-refractivity contribution in [3.05, 3.63) is 89.8 Å². The van der Waals surface area contributed by atoms with E-state index in [0.717, 1.165) is 17.0 Å². The number of nitrogens with two attached hydrogens (primary N) is 1. The van der Waals surface area contributed by atoms with Crippen molar-refractivity contribution >= 4 is 16.6 Å². The first-order chi connectivity index (χ1) is 17.9. The van der Waals surface area contributed by atoms with Gasteiger partial charge < -0.3 is 20.8 Å². The Bertz CT molecular complexity index is 1590. The summed E-state index contributed by atoms with van der Waals surface area (Å²) < 4.78 is 48.2. The van der Waals surface area contributed by atoms with E-state index in [2.05, 4.69) is 25.3 Å². The van der Waals surface area contributed by atoms with Gasteiger partial charge in [-0.05, 0) is 49.4 Å². The summed E-state index contributed by atoms with van der Waals surface area (Å²) in [5.41, 5.74) is 8.47. The fraction of sp³-hybridized carbons (Fsp3) is 0.148. The summed E-state index contributed by atoms with van der Waals surface area (Å²) in [6, 6.07) is 14.2. The molecular weight excluding hydrogens is 481 g/mol. The molecule has 4 N–H and O–H groups in total. The van der Waals surface area contributed by atoms with Crippen molar-refractivity contribution in [1.82, 2.24) is 19.9 Å². The Morgan fingerprint density at radius 3 is 2.68 bits per heavy atom. The Kier molecular flexibility index (Phi) is 6.74. The molecule has 7 nitrogen and oxygen atoms in total. The number of aromatic amines is 1. The van der Waals surface area contributed by atoms with Gasteiger partial charge in [-0.1, -0.05) is 12.1 Å². The van der Waals surface area contributed by atoms with Crippen molar-refractivity contribution in [2.75, 3.05) is 18.5 Å². The van der Waals surface area contributed by atoms with Gasteiger partial charge in [-0.25, -0.2) is 23.1 Å². The van der Waals surface area contributed by atoms with Crippen molar-refractivity contribution in [2.24, 2.45) is 5.73 Å². The molecule has 3 aromatic heterocycles. The number of benzene rings is 2. The van der Waals surface area contributed by atoms with Crippen molar-refractivity contribution in [3.8, 4) is 28.4 Å². The van der Waals surface area contributed by atoms with E-state index in [9.17, 15) is 13.2 Å². The molecule has 188 valence electrons. The largest absolute Gasteiger partial charge is 0.491 e. The molecule has 10 heteroatoms. The van der Waals surface area contributed by atoms with E-state index < -0.39 is 17.5 Å². The normalized spacial score (nSPS) is 11.2. The third-order valence-corrected chi connectivity index (χ3v) is 5.69. The number of hydrogen-bond acceptors (Lipinski definition) is 6. The Morgan fingerprint density at radius 2 is 1.84 bits per heavy atom. The van der Waals surface area contributed by atoms with Crippen LogP contribution in [0.1, 0.15) is 11.5 Å². The number of nitrogens with zero attached hydrogens (tertiary/aromatic N) is 3. The van der Waals surface area contributed by atoms with Gasteiger partial charge in [0.2, 0.25) is 0 Å². The summed E-state index contributed by atoms with van der Waals surface area (Å²) in [6.07, 6.45) is 1.63. The number of fused-ring (bicyclic) bond motifs is 1. The van der Waals surface area contributed by atoms with Crippen molar-refractivity contribution < 1.29 is 17.9 Å². The first kappa shape index (κ1) is 24.3. The van der Waals surface area contributed by atoms with Crippen molar-refractivity contribution in [3.63, 3.8) is 0 Å². The molecule has 0 unspecified atom stereocenters. The Morgan fingerprint density at radius 1 is 0.973 bits per heavy atom. The number of halogens is 3. The average molecular weight is 505 g/mol. The fourth-order valence-electron chi connectivity index (χ4n) is 3.93. The van der Waals surface area contributed by atoms with Crippen LogP contribution in [0.4, 0.5) is 18.9 Å². The lowest BCUT2D eigenvalue weighted by Crippen LogP contribution is -2.10. The molecule has 0 bridgehead atoms. The van der Waals surface area contributed by atoms with Gasteiger partial charge in [-0.15, -0.1) is 0 Å². The number of imidazole rings is 1. The van der Waals surface area contributed by atoms with Crippen LogP contribution in [0.5, 0.6) is 5.75 Å². The van der Waals surface area contributed by atoms with Crippen molar-refractivity contribution in [2.45, 2.75) is 13.5 Å². The topological polar surface area (TPSA) is 102 Å². The van der Waals surface area contributed by atoms with Gasteiger partial charge in [-0.2, -0.15) is 0 Å². The van der Waals surface area contributed by atoms with E-state index in [1.807, 2.05) is 24.3 Å². The fourth-order valence-corrected chi connectivity index (χ4v) is 3.93. The number of rotatable bonds is 8. The molecule has 0 aliphatic rings. The third kappa shape index (κ3) is 5.10. The lowest BCUT2D eigenvalue weighted by Gasteiger charge is -2.08. The maximum atomic E-state index is 14.9. The van der Waals surface area contributed by atoms with Crippen molar-refractivity contribution in [1.29, 1.82) is 0 Å². The second-order valence-corrected chi connectivity index (χ2v) is 8.36. The molecule has 0 spiro atoms. The molecule has 0 aliphatic carbocycles. The number of nitrogens with one attached hydrogen (secondary N) is 2. The summed E-state index contributed by atoms with van der Waals surface area (Å²) >= 11 is 0. The molecule has 0 saturated heterocycles. The molecule has 5 rings (SSSR count). The van der Waals surface area contributed by atoms with Crippen LogP contribution in [0.25, 0.3) is 33.5 Å². The van der Waals surface area contributed by atoms with Crippen LogP contribution in [0.3, 0.4) is 0 Å². The molecule has 37 heavy (non-hydrogen) atoms. The van der Waals surface area contributed by atoms with Crippen LogP contribution in [-0.4, -0.2) is 33.1 Å². The van der Waals surface area contributed by atoms with Crippen LogP contribution >= 0.6 is 0 Å². The minimum absolute atomic E-state index is 0.0128. The minimum Gasteiger partial charge on any atom is -0.491 e. The lowest BCUT2D eigenvalue weighted by molar-refractivity contribution is 0.327. The Balaban J connectivity index is 1.57. The first-order valence-corrected chi connectivity index (χ1v) is 11.6. The van der Waals surface area contributed by atoms with Crippen LogP contribution in [0.2, 0.25) is 0 Å². The zero-order valence-electron chi connectivity index (χ0n) is 19.9. The molecule has 0 atom stereocenters. The SMILES string of the molecule is Cc1ccc(F)c(-c2nc(CNc3cccc(F)c3F)[nH]c2-c2ccc3ncc(OCCN)cc3c2)n1. The number of aromatic nitrogens is 4. The number of ether oxygens (including phenoxy) is 1. The van der Waals surface area contributed by atoms with Crippen LogP contribution in [-0.2, 0) is 6.54 Å². The maximum absolute atomic E-state index is 14.9. The number of anilines is 1. The van der Waals surface area contributed by atoms with Gasteiger partial charge >= 0.3 is 0 Å². The second kappa shape index (κ2) is 10.3. The van der Waals surface area contributed by atoms with Gasteiger partial charge in [0.15, 0.2) is 17.5 Å². The van der Waals surface area contributed by atoms with Gasteiger partial charge in [-0.3, -0.25) is 4.98 Å². The summed E-state index contributed by atoms with van der Waals surface area (Å²) in [6.45, 7) is 2.53. The van der Waals surface area contributed by atoms with E-state index in [1.54, 1.807) is 19.2 Å². The van der Waals surface area contributed by atoms with Gasteiger partial charge in [0.05, 0.1) is 29.6 Å². The van der Waals surface area contributed by atoms with E-state index in [-0.39, 0.29) is 17.9 Å². The molecule has 0 aliphatic heterocycles. The molecule has 2 aromatic carbocycles. The van der Waals surface area contributed by atoms with Crippen LogP contribution in [0, 0.1) is 24.4 Å². The number of pyridine rings is 2. The predicted octanol–water partition coefficient (Wildman–Crippen LogP) is 5.36. The molecule has 0 radical (unpaired) electrons. The Hall–Kier alpha value is -4.44. The van der Waals surface area contributed by atoms with E-state index in [1.165, 1.54) is 18.2 Å². The molecular formula is C27H23F3N6O. The Labute approximate surface area is 210 Å². The average Bonchev–Trinajstić information content (AvgIpc) is 3.33. The van der Waals surface area contributed by atoms with Gasteiger partial charge in [0.1, 0.15) is 29.6 Å². The second-order valence-electron chi connectivity index (χ2n) is 8.36. The molecule has 3 heterocycles. The minimum atomic E-state index is -0.990. The van der Waals surface area contributed by atoms with Crippen LogP contribution in [0.15, 0.2) is 60.8 Å². The highest BCUT2D eigenvalue weighted by Gasteiger charge is 2.20. The van der Waals surface area contributed by atoms with E-state index >= 15 is 0 Å². The predicted molar refractivity (Wildman–Crippen MR) is 135 cm³/mol. The number of hydrogen-bond donors (Lipinski definition) is 3. The molecule has 0 fully saturated rings. The zero-order chi connectivity index (χ0) is 25.9. The highest BCUT2D eigenvalue weighted by atomic mass is 19.2. The summed E-state index contributed by atoms with van der Waals surface area (Å²) in [5, 5.41) is 3.63. The third-order valence-electron chi connectivity index (χ3n) is 5.69. The zero-order valence-corrected chi connectivity index (χ0v) is 19.9. The summed E-state index contributed by atoms with van der Waals surface area (Å²) in [5.74, 6) is -1.52. The van der Waals surface area contributed by atoms with E-state index in [4.69, 9.17) is 10.5 Å². The summed E-state index contributed by atoms with van der Waals surface area (Å²) in [7, 11) is 0. The quantitative estimate of drug-likeness (QED) is 0.263. The number of aryl methyl sites for hydroxylation is 1. The molecule has 0 saturated carbocycles. The lowest BCUT2D eigenvalue weighted by atomic mass is 10.0.